The van der Waals surface area contributed by atoms with Gasteiger partial charge in [0.1, 0.15) is 6.04 Å². The van der Waals surface area contributed by atoms with Crippen molar-refractivity contribution in [2.45, 2.75) is 25.4 Å². The van der Waals surface area contributed by atoms with Crippen LogP contribution in [0.1, 0.15) is 28.8 Å². The summed E-state index contributed by atoms with van der Waals surface area (Å²) in [6.07, 6.45) is 0.635. The zero-order chi connectivity index (χ0) is 16.1. The first kappa shape index (κ1) is 14.4. The fourth-order valence-electron chi connectivity index (χ4n) is 3.40. The van der Waals surface area contributed by atoms with Crippen molar-refractivity contribution in [2.75, 3.05) is 0 Å². The van der Waals surface area contributed by atoms with Gasteiger partial charge in [-0.2, -0.15) is 0 Å². The first-order valence-corrected chi connectivity index (χ1v) is 8.20. The molecule has 1 N–H and O–H groups in total. The normalized spacial score (nSPS) is 20.8. The maximum absolute atomic E-state index is 12.9. The number of imide groups is 1. The monoisotopic (exact) mass is 372 g/mol. The van der Waals surface area contributed by atoms with E-state index < -0.39 is 6.04 Å². The van der Waals surface area contributed by atoms with Gasteiger partial charge in [0.25, 0.3) is 5.91 Å². The van der Waals surface area contributed by atoms with Crippen LogP contribution in [0.25, 0.3) is 10.8 Å². The third-order valence-corrected chi connectivity index (χ3v) is 5.18. The summed E-state index contributed by atoms with van der Waals surface area (Å²) in [6.45, 7) is 0.381. The van der Waals surface area contributed by atoms with Crippen LogP contribution in [0, 0.1) is 0 Å². The van der Waals surface area contributed by atoms with Crippen LogP contribution in [-0.4, -0.2) is 28.7 Å². The van der Waals surface area contributed by atoms with E-state index in [9.17, 15) is 14.4 Å². The zero-order valence-corrected chi connectivity index (χ0v) is 13.7. The molecule has 0 aromatic heterocycles. The van der Waals surface area contributed by atoms with Crippen LogP contribution in [0.3, 0.4) is 0 Å². The molecular weight excluding hydrogens is 360 g/mol. The second-order valence-corrected chi connectivity index (χ2v) is 6.69. The smallest absolute Gasteiger partial charge is 0.255 e. The number of rotatable bonds is 1. The van der Waals surface area contributed by atoms with Gasteiger partial charge < -0.3 is 4.90 Å². The minimum Gasteiger partial charge on any atom is -0.322 e. The van der Waals surface area contributed by atoms with Gasteiger partial charge in [0.15, 0.2) is 0 Å². The number of hydrogen-bond acceptors (Lipinski definition) is 3. The number of piperidine rings is 1. The molecule has 3 amide bonds. The molecule has 0 radical (unpaired) electrons. The number of hydrogen-bond donors (Lipinski definition) is 1. The number of carbonyl (C=O) groups is 3. The molecule has 2 aromatic rings. The molecule has 6 heteroatoms. The number of amides is 3. The highest BCUT2D eigenvalue weighted by atomic mass is 79.9. The van der Waals surface area contributed by atoms with Crippen molar-refractivity contribution in [3.8, 4) is 0 Å². The molecule has 2 aliphatic heterocycles. The largest absolute Gasteiger partial charge is 0.322 e. The van der Waals surface area contributed by atoms with Crippen LogP contribution in [0.5, 0.6) is 0 Å². The molecular formula is C17H13BrN2O3. The van der Waals surface area contributed by atoms with Gasteiger partial charge in [0, 0.05) is 28.4 Å². The zero-order valence-electron chi connectivity index (χ0n) is 12.1. The summed E-state index contributed by atoms with van der Waals surface area (Å²) in [5.41, 5.74) is 1.62. The van der Waals surface area contributed by atoms with Crippen LogP contribution >= 0.6 is 15.9 Å². The first-order chi connectivity index (χ1) is 11.1. The van der Waals surface area contributed by atoms with E-state index in [2.05, 4.69) is 21.2 Å². The Kier molecular flexibility index (Phi) is 3.23. The van der Waals surface area contributed by atoms with Gasteiger partial charge in [0.05, 0.1) is 0 Å². The molecule has 2 aliphatic rings. The molecule has 2 aromatic carbocycles. The van der Waals surface area contributed by atoms with Gasteiger partial charge in [0.2, 0.25) is 11.8 Å². The Bertz CT molecular complexity index is 878. The number of nitrogens with one attached hydrogen (secondary N) is 1. The fourth-order valence-corrected chi connectivity index (χ4v) is 3.86. The lowest BCUT2D eigenvalue weighted by molar-refractivity contribution is -0.137. The third-order valence-electron chi connectivity index (χ3n) is 4.49. The van der Waals surface area contributed by atoms with E-state index in [4.69, 9.17) is 0 Å². The van der Waals surface area contributed by atoms with E-state index in [1.165, 1.54) is 0 Å². The Morgan fingerprint density at radius 1 is 1.13 bits per heavy atom. The minimum absolute atomic E-state index is 0.157. The molecule has 116 valence electrons. The SMILES string of the molecule is O=C1CCC(N2Cc3cccc4c(Br)ccc(c34)C2=O)C(=O)N1. The summed E-state index contributed by atoms with van der Waals surface area (Å²) in [7, 11) is 0. The van der Waals surface area contributed by atoms with E-state index in [1.54, 1.807) is 11.0 Å². The van der Waals surface area contributed by atoms with Crippen molar-refractivity contribution in [3.05, 3.63) is 45.9 Å². The summed E-state index contributed by atoms with van der Waals surface area (Å²) in [4.78, 5) is 37.9. The van der Waals surface area contributed by atoms with Crippen LogP contribution in [0.4, 0.5) is 0 Å². The van der Waals surface area contributed by atoms with Crippen LogP contribution in [-0.2, 0) is 16.1 Å². The van der Waals surface area contributed by atoms with E-state index >= 15 is 0 Å². The lowest BCUT2D eigenvalue weighted by Crippen LogP contribution is -2.54. The van der Waals surface area contributed by atoms with Gasteiger partial charge in [-0.1, -0.05) is 34.1 Å². The molecule has 0 saturated carbocycles. The van der Waals surface area contributed by atoms with Gasteiger partial charge >= 0.3 is 0 Å². The summed E-state index contributed by atoms with van der Waals surface area (Å²) in [5.74, 6) is -0.819. The van der Waals surface area contributed by atoms with Gasteiger partial charge in [-0.05, 0) is 29.5 Å². The summed E-state index contributed by atoms with van der Waals surface area (Å²) < 4.78 is 0.945. The van der Waals surface area contributed by atoms with Crippen molar-refractivity contribution < 1.29 is 14.4 Å². The molecule has 2 heterocycles. The number of nitrogens with zero attached hydrogens (tertiary/aromatic N) is 1. The van der Waals surface area contributed by atoms with Crippen molar-refractivity contribution in [2.24, 2.45) is 0 Å². The molecule has 1 unspecified atom stereocenters. The summed E-state index contributed by atoms with van der Waals surface area (Å²) >= 11 is 3.52. The molecule has 0 aliphatic carbocycles. The van der Waals surface area contributed by atoms with Crippen molar-refractivity contribution in [1.82, 2.24) is 10.2 Å². The Morgan fingerprint density at radius 2 is 1.96 bits per heavy atom. The minimum atomic E-state index is -0.591. The fraction of sp³-hybridized carbons (Fsp3) is 0.235. The van der Waals surface area contributed by atoms with Crippen molar-refractivity contribution in [1.29, 1.82) is 0 Å². The quantitative estimate of drug-likeness (QED) is 0.781. The van der Waals surface area contributed by atoms with Crippen molar-refractivity contribution >= 4 is 44.4 Å². The molecule has 23 heavy (non-hydrogen) atoms. The predicted octanol–water partition coefficient (Wildman–Crippen LogP) is 2.36. The topological polar surface area (TPSA) is 66.5 Å². The van der Waals surface area contributed by atoms with Gasteiger partial charge in [-0.15, -0.1) is 0 Å². The molecule has 0 bridgehead atoms. The average Bonchev–Trinajstić information content (AvgIpc) is 2.53. The van der Waals surface area contributed by atoms with E-state index in [0.29, 0.717) is 18.5 Å². The Labute approximate surface area is 140 Å². The van der Waals surface area contributed by atoms with E-state index in [0.717, 1.165) is 20.8 Å². The lowest BCUT2D eigenvalue weighted by atomic mass is 9.92. The summed E-state index contributed by atoms with van der Waals surface area (Å²) in [5, 5.41) is 4.26. The second-order valence-electron chi connectivity index (χ2n) is 5.83. The highest BCUT2D eigenvalue weighted by molar-refractivity contribution is 9.10. The Morgan fingerprint density at radius 3 is 2.74 bits per heavy atom. The average molecular weight is 373 g/mol. The van der Waals surface area contributed by atoms with E-state index in [-0.39, 0.29) is 24.1 Å². The van der Waals surface area contributed by atoms with E-state index in [1.807, 2.05) is 24.3 Å². The number of carbonyl (C=O) groups excluding carboxylic acids is 3. The Hall–Kier alpha value is -2.21. The summed E-state index contributed by atoms with van der Waals surface area (Å²) in [6, 6.07) is 8.95. The predicted molar refractivity (Wildman–Crippen MR) is 87.7 cm³/mol. The highest BCUT2D eigenvalue weighted by Crippen LogP contribution is 2.35. The molecule has 1 atom stereocenters. The van der Waals surface area contributed by atoms with Crippen LogP contribution in [0.2, 0.25) is 0 Å². The molecule has 4 rings (SSSR count). The van der Waals surface area contributed by atoms with Gasteiger partial charge in [-0.25, -0.2) is 0 Å². The third kappa shape index (κ3) is 2.16. The van der Waals surface area contributed by atoms with Crippen LogP contribution in [0.15, 0.2) is 34.8 Å². The molecule has 0 spiro atoms. The number of benzene rings is 2. The van der Waals surface area contributed by atoms with Gasteiger partial charge in [-0.3, -0.25) is 19.7 Å². The second kappa shape index (κ2) is 5.16. The maximum Gasteiger partial charge on any atom is 0.255 e. The first-order valence-electron chi connectivity index (χ1n) is 7.41. The standard InChI is InChI=1S/C17H13BrN2O3/c18-12-5-4-11-15-9(2-1-3-10(12)15)8-20(17(11)23)13-6-7-14(21)19-16(13)22/h1-5,13H,6-8H2,(H,19,21,22). The maximum atomic E-state index is 12.9. The molecule has 1 fully saturated rings. The lowest BCUT2D eigenvalue weighted by Gasteiger charge is -2.36. The molecule has 1 saturated heterocycles. The highest BCUT2D eigenvalue weighted by Gasteiger charge is 2.37. The van der Waals surface area contributed by atoms with Crippen molar-refractivity contribution in [3.63, 3.8) is 0 Å². The molecule has 5 nitrogen and oxygen atoms in total. The Balaban J connectivity index is 1.80. The number of halogens is 1. The van der Waals surface area contributed by atoms with Crippen LogP contribution < -0.4 is 5.32 Å².